The van der Waals surface area contributed by atoms with E-state index in [1.807, 2.05) is 0 Å². The Kier molecular flexibility index (Phi) is 3.70. The number of aliphatic hydroxyl groups is 3. The van der Waals surface area contributed by atoms with E-state index < -0.39 is 0 Å². The lowest BCUT2D eigenvalue weighted by molar-refractivity contribution is 0.0843. The predicted molar refractivity (Wildman–Crippen MR) is 72.9 cm³/mol. The molecule has 1 aliphatic rings. The van der Waals surface area contributed by atoms with Crippen LogP contribution in [0.3, 0.4) is 0 Å². The quantitative estimate of drug-likeness (QED) is 0.537. The number of hydrogen-bond donors (Lipinski definition) is 4. The van der Waals surface area contributed by atoms with Crippen molar-refractivity contribution in [2.75, 3.05) is 25.6 Å². The molecule has 0 bridgehead atoms. The van der Waals surface area contributed by atoms with E-state index in [9.17, 15) is 15.3 Å². The Labute approximate surface area is 120 Å². The zero-order chi connectivity index (χ0) is 15.0. The summed E-state index contributed by atoms with van der Waals surface area (Å²) in [6, 6.07) is -0.191. The molecule has 0 spiro atoms. The van der Waals surface area contributed by atoms with E-state index >= 15 is 0 Å². The highest BCUT2D eigenvalue weighted by atomic mass is 16.3. The molecule has 0 amide bonds. The average Bonchev–Trinajstić information content (AvgIpc) is 3.07. The van der Waals surface area contributed by atoms with Crippen molar-refractivity contribution in [2.24, 2.45) is 17.8 Å². The molecule has 5 N–H and O–H groups in total. The van der Waals surface area contributed by atoms with E-state index in [0.29, 0.717) is 17.6 Å². The van der Waals surface area contributed by atoms with Crippen LogP contribution in [0.4, 0.5) is 5.82 Å². The van der Waals surface area contributed by atoms with Crippen LogP contribution in [-0.2, 0) is 0 Å². The molecule has 0 saturated heterocycles. The zero-order valence-corrected chi connectivity index (χ0v) is 11.4. The van der Waals surface area contributed by atoms with Crippen LogP contribution in [0.2, 0.25) is 0 Å². The Morgan fingerprint density at radius 3 is 2.57 bits per heavy atom. The molecular weight excluding hydrogens is 276 g/mol. The van der Waals surface area contributed by atoms with Crippen molar-refractivity contribution in [3.63, 3.8) is 0 Å². The van der Waals surface area contributed by atoms with Crippen molar-refractivity contribution in [3.05, 3.63) is 6.33 Å². The van der Waals surface area contributed by atoms with Crippen molar-refractivity contribution in [3.8, 4) is 0 Å². The fraction of sp³-hybridized carbons (Fsp3) is 0.667. The molecule has 2 aromatic rings. The highest BCUT2D eigenvalue weighted by Crippen LogP contribution is 2.44. The maximum absolute atomic E-state index is 9.67. The van der Waals surface area contributed by atoms with Gasteiger partial charge in [0, 0.05) is 25.7 Å². The number of nitrogen functional groups attached to an aromatic ring is 1. The molecule has 0 radical (unpaired) electrons. The molecule has 0 aromatic carbocycles. The Bertz CT molecular complexity index is 632. The summed E-state index contributed by atoms with van der Waals surface area (Å²) in [6.45, 7) is -0.229. The summed E-state index contributed by atoms with van der Waals surface area (Å²) in [6.07, 6.45) is 1.93. The first-order valence-corrected chi connectivity index (χ1v) is 6.85. The van der Waals surface area contributed by atoms with Crippen molar-refractivity contribution in [1.82, 2.24) is 25.0 Å². The van der Waals surface area contributed by atoms with E-state index in [0.717, 1.165) is 0 Å². The van der Waals surface area contributed by atoms with E-state index in [1.54, 1.807) is 4.68 Å². The lowest BCUT2D eigenvalue weighted by Crippen LogP contribution is -2.27. The Balaban J connectivity index is 2.03. The number of rotatable bonds is 4. The molecule has 2 aromatic heterocycles. The molecule has 0 unspecified atom stereocenters. The second kappa shape index (κ2) is 5.51. The summed E-state index contributed by atoms with van der Waals surface area (Å²) in [5, 5.41) is 36.7. The average molecular weight is 294 g/mol. The minimum atomic E-state index is -0.215. The van der Waals surface area contributed by atoms with Gasteiger partial charge in [0.05, 0.1) is 6.04 Å². The molecule has 0 aliphatic heterocycles. The first-order valence-electron chi connectivity index (χ1n) is 6.85. The van der Waals surface area contributed by atoms with Crippen LogP contribution in [0.5, 0.6) is 0 Å². The van der Waals surface area contributed by atoms with Gasteiger partial charge in [-0.3, -0.25) is 0 Å². The standard InChI is InChI=1S/C12H18N6O3/c13-11-10-12(15-5-14-11)18(17-16-10)9-1-6(2-19)7(3-20)8(9)4-21/h5-9,19-21H,1-4H2,(H2,13,14,15)/t6-,7+,8-,9-/m0/s1. The monoisotopic (exact) mass is 294 g/mol. The van der Waals surface area contributed by atoms with Crippen molar-refractivity contribution < 1.29 is 15.3 Å². The molecule has 114 valence electrons. The van der Waals surface area contributed by atoms with E-state index in [2.05, 4.69) is 20.3 Å². The third kappa shape index (κ3) is 2.13. The Morgan fingerprint density at radius 1 is 1.14 bits per heavy atom. The zero-order valence-electron chi connectivity index (χ0n) is 11.4. The third-order valence-electron chi connectivity index (χ3n) is 4.45. The number of fused-ring (bicyclic) bond motifs is 1. The number of aromatic nitrogens is 5. The Hall–Kier alpha value is -1.84. The van der Waals surface area contributed by atoms with Crippen LogP contribution in [0.1, 0.15) is 12.5 Å². The highest BCUT2D eigenvalue weighted by Gasteiger charge is 2.44. The van der Waals surface area contributed by atoms with E-state index in [1.165, 1.54) is 6.33 Å². The molecule has 9 nitrogen and oxygen atoms in total. The first kappa shape index (κ1) is 14.1. The molecule has 9 heteroatoms. The normalized spacial score (nSPS) is 29.3. The molecule has 21 heavy (non-hydrogen) atoms. The van der Waals surface area contributed by atoms with Crippen LogP contribution in [0.25, 0.3) is 11.2 Å². The van der Waals surface area contributed by atoms with Gasteiger partial charge in [-0.05, 0) is 18.3 Å². The minimum absolute atomic E-state index is 0.0397. The third-order valence-corrected chi connectivity index (χ3v) is 4.45. The van der Waals surface area contributed by atoms with Crippen LogP contribution >= 0.6 is 0 Å². The summed E-state index contributed by atoms with van der Waals surface area (Å²) in [5.41, 5.74) is 6.67. The van der Waals surface area contributed by atoms with E-state index in [4.69, 9.17) is 5.73 Å². The van der Waals surface area contributed by atoms with Crippen LogP contribution in [0.15, 0.2) is 6.33 Å². The largest absolute Gasteiger partial charge is 0.396 e. The molecule has 1 aliphatic carbocycles. The minimum Gasteiger partial charge on any atom is -0.396 e. The number of nitrogens with zero attached hydrogens (tertiary/aromatic N) is 5. The smallest absolute Gasteiger partial charge is 0.184 e. The highest BCUT2D eigenvalue weighted by molar-refractivity contribution is 5.80. The van der Waals surface area contributed by atoms with Crippen molar-refractivity contribution >= 4 is 17.0 Å². The maximum Gasteiger partial charge on any atom is 0.184 e. The van der Waals surface area contributed by atoms with Crippen molar-refractivity contribution in [1.29, 1.82) is 0 Å². The van der Waals surface area contributed by atoms with Gasteiger partial charge in [-0.2, -0.15) is 0 Å². The summed E-state index contributed by atoms with van der Waals surface area (Å²) < 4.78 is 1.62. The molecule has 1 fully saturated rings. The van der Waals surface area contributed by atoms with Gasteiger partial charge in [-0.25, -0.2) is 14.6 Å². The Morgan fingerprint density at radius 2 is 1.90 bits per heavy atom. The molecule has 4 atom stereocenters. The van der Waals surface area contributed by atoms with Gasteiger partial charge in [0.1, 0.15) is 6.33 Å². The fourth-order valence-corrected chi connectivity index (χ4v) is 3.33. The predicted octanol–water partition coefficient (Wildman–Crippen LogP) is -1.43. The van der Waals surface area contributed by atoms with Crippen LogP contribution in [-0.4, -0.2) is 60.1 Å². The molecule has 3 rings (SSSR count). The first-order chi connectivity index (χ1) is 10.2. The lowest BCUT2D eigenvalue weighted by Gasteiger charge is -2.22. The number of hydrogen-bond acceptors (Lipinski definition) is 8. The number of nitrogens with two attached hydrogens (primary N) is 1. The summed E-state index contributed by atoms with van der Waals surface area (Å²) in [4.78, 5) is 8.03. The maximum atomic E-state index is 9.67. The molecule has 2 heterocycles. The van der Waals surface area contributed by atoms with E-state index in [-0.39, 0.29) is 49.4 Å². The lowest BCUT2D eigenvalue weighted by atomic mass is 9.90. The second-order valence-corrected chi connectivity index (χ2v) is 5.40. The van der Waals surface area contributed by atoms with Crippen LogP contribution in [0, 0.1) is 17.8 Å². The number of aliphatic hydroxyl groups excluding tert-OH is 3. The van der Waals surface area contributed by atoms with Gasteiger partial charge in [-0.15, -0.1) is 5.10 Å². The second-order valence-electron chi connectivity index (χ2n) is 5.40. The fourth-order valence-electron chi connectivity index (χ4n) is 3.33. The van der Waals surface area contributed by atoms with Gasteiger partial charge in [0.2, 0.25) is 0 Å². The molecular formula is C12H18N6O3. The van der Waals surface area contributed by atoms with Crippen LogP contribution < -0.4 is 5.73 Å². The van der Waals surface area contributed by atoms with Crippen molar-refractivity contribution in [2.45, 2.75) is 12.5 Å². The molecule has 1 saturated carbocycles. The van der Waals surface area contributed by atoms with Gasteiger partial charge in [0.15, 0.2) is 17.0 Å². The topological polar surface area (TPSA) is 143 Å². The summed E-state index contributed by atoms with van der Waals surface area (Å²) >= 11 is 0. The summed E-state index contributed by atoms with van der Waals surface area (Å²) in [7, 11) is 0. The SMILES string of the molecule is Nc1ncnc2c1nnn2[C@H]1C[C@@H](CO)[C@@H](CO)[C@@H]1CO. The van der Waals surface area contributed by atoms with Gasteiger partial charge in [-0.1, -0.05) is 5.21 Å². The van der Waals surface area contributed by atoms with Gasteiger partial charge in [0.25, 0.3) is 0 Å². The van der Waals surface area contributed by atoms with Gasteiger partial charge < -0.3 is 21.1 Å². The number of anilines is 1. The summed E-state index contributed by atoms with van der Waals surface area (Å²) in [5.74, 6) is -0.227. The van der Waals surface area contributed by atoms with Gasteiger partial charge >= 0.3 is 0 Å².